The Balaban J connectivity index is 1.58. The first-order valence-electron chi connectivity index (χ1n) is 7.45. The van der Waals surface area contributed by atoms with Gasteiger partial charge in [0, 0.05) is 11.6 Å². The lowest BCUT2D eigenvalue weighted by atomic mass is 10.2. The van der Waals surface area contributed by atoms with E-state index >= 15 is 0 Å². The summed E-state index contributed by atoms with van der Waals surface area (Å²) in [5, 5.41) is 11.8. The molecule has 0 unspecified atom stereocenters. The summed E-state index contributed by atoms with van der Waals surface area (Å²) in [6.07, 6.45) is 0. The minimum atomic E-state index is 0.281. The van der Waals surface area contributed by atoms with Crippen molar-refractivity contribution >= 4 is 32.7 Å². The van der Waals surface area contributed by atoms with Crippen LogP contribution in [0.2, 0.25) is 0 Å². The topological polar surface area (TPSA) is 82.3 Å². The first kappa shape index (κ1) is 15.4. The number of fused-ring (bicyclic) bond motifs is 1. The van der Waals surface area contributed by atoms with E-state index in [4.69, 9.17) is 13.9 Å². The number of anilines is 2. The number of hydrogen-bond acceptors (Lipinski definition) is 8. The second-order valence-corrected chi connectivity index (χ2v) is 6.15. The SMILES string of the molecule is COc1cccc(-c2nnc(Nc3nc4cc(OC)ccc4s3)o2)c1. The molecule has 0 bridgehead atoms. The monoisotopic (exact) mass is 354 g/mol. The van der Waals surface area contributed by atoms with Crippen LogP contribution >= 0.6 is 11.3 Å². The fourth-order valence-electron chi connectivity index (χ4n) is 2.33. The Kier molecular flexibility index (Phi) is 3.95. The molecule has 25 heavy (non-hydrogen) atoms. The number of rotatable bonds is 5. The molecule has 2 aromatic carbocycles. The number of nitrogens with zero attached hydrogens (tertiary/aromatic N) is 3. The number of aromatic nitrogens is 3. The van der Waals surface area contributed by atoms with E-state index in [2.05, 4.69) is 20.5 Å². The summed E-state index contributed by atoms with van der Waals surface area (Å²) in [5.74, 6) is 1.90. The molecule has 0 radical (unpaired) electrons. The van der Waals surface area contributed by atoms with Crippen molar-refractivity contribution in [1.29, 1.82) is 0 Å². The Morgan fingerprint density at radius 3 is 2.68 bits per heavy atom. The largest absolute Gasteiger partial charge is 0.497 e. The molecule has 1 N–H and O–H groups in total. The second-order valence-electron chi connectivity index (χ2n) is 5.12. The molecule has 0 spiro atoms. The summed E-state index contributed by atoms with van der Waals surface area (Å²) in [6.45, 7) is 0. The molecule has 126 valence electrons. The zero-order chi connectivity index (χ0) is 17.2. The molecule has 7 nitrogen and oxygen atoms in total. The Hall–Kier alpha value is -3.13. The third-order valence-corrected chi connectivity index (χ3v) is 4.50. The number of thiazole rings is 1. The first-order valence-corrected chi connectivity index (χ1v) is 8.26. The van der Waals surface area contributed by atoms with Crippen molar-refractivity contribution in [1.82, 2.24) is 15.2 Å². The zero-order valence-corrected chi connectivity index (χ0v) is 14.3. The van der Waals surface area contributed by atoms with E-state index in [-0.39, 0.29) is 6.01 Å². The van der Waals surface area contributed by atoms with Crippen molar-refractivity contribution in [3.05, 3.63) is 42.5 Å². The molecule has 0 atom stereocenters. The summed E-state index contributed by atoms with van der Waals surface area (Å²) in [6, 6.07) is 13.5. The van der Waals surface area contributed by atoms with Gasteiger partial charge in [-0.05, 0) is 30.3 Å². The number of nitrogens with one attached hydrogen (secondary N) is 1. The van der Waals surface area contributed by atoms with Gasteiger partial charge in [-0.3, -0.25) is 5.32 Å². The molecular weight excluding hydrogens is 340 g/mol. The van der Waals surface area contributed by atoms with Crippen molar-refractivity contribution in [2.24, 2.45) is 0 Å². The smallest absolute Gasteiger partial charge is 0.322 e. The lowest BCUT2D eigenvalue weighted by Crippen LogP contribution is -1.88. The Morgan fingerprint density at radius 2 is 1.84 bits per heavy atom. The van der Waals surface area contributed by atoms with Gasteiger partial charge >= 0.3 is 6.01 Å². The van der Waals surface area contributed by atoms with Crippen LogP contribution < -0.4 is 14.8 Å². The van der Waals surface area contributed by atoms with Crippen LogP contribution in [0.15, 0.2) is 46.9 Å². The van der Waals surface area contributed by atoms with Crippen molar-refractivity contribution in [2.45, 2.75) is 0 Å². The molecule has 0 saturated heterocycles. The van der Waals surface area contributed by atoms with E-state index in [1.807, 2.05) is 42.5 Å². The van der Waals surface area contributed by atoms with Gasteiger partial charge in [0.2, 0.25) is 5.89 Å². The third-order valence-electron chi connectivity index (χ3n) is 3.55. The third kappa shape index (κ3) is 3.11. The summed E-state index contributed by atoms with van der Waals surface area (Å²) in [5.41, 5.74) is 1.63. The summed E-state index contributed by atoms with van der Waals surface area (Å²) < 4.78 is 17.1. The summed E-state index contributed by atoms with van der Waals surface area (Å²) in [7, 11) is 3.24. The fourth-order valence-corrected chi connectivity index (χ4v) is 3.16. The van der Waals surface area contributed by atoms with E-state index in [0.29, 0.717) is 11.0 Å². The number of ether oxygens (including phenoxy) is 2. The lowest BCUT2D eigenvalue weighted by molar-refractivity contribution is 0.414. The van der Waals surface area contributed by atoms with Gasteiger partial charge in [0.05, 0.1) is 24.4 Å². The minimum Gasteiger partial charge on any atom is -0.497 e. The van der Waals surface area contributed by atoms with Crippen molar-refractivity contribution in [3.8, 4) is 23.0 Å². The van der Waals surface area contributed by atoms with Crippen LogP contribution in [-0.2, 0) is 0 Å². The molecule has 0 aliphatic rings. The molecule has 0 amide bonds. The fraction of sp³-hybridized carbons (Fsp3) is 0.118. The Labute approximate surface area is 147 Å². The molecule has 2 aromatic heterocycles. The van der Waals surface area contributed by atoms with E-state index in [1.165, 1.54) is 11.3 Å². The maximum atomic E-state index is 5.67. The molecule has 0 fully saturated rings. The highest BCUT2D eigenvalue weighted by molar-refractivity contribution is 7.22. The van der Waals surface area contributed by atoms with E-state index in [1.54, 1.807) is 14.2 Å². The van der Waals surface area contributed by atoms with E-state index in [9.17, 15) is 0 Å². The van der Waals surface area contributed by atoms with Crippen molar-refractivity contribution in [3.63, 3.8) is 0 Å². The molecule has 2 heterocycles. The summed E-state index contributed by atoms with van der Waals surface area (Å²) in [4.78, 5) is 4.51. The zero-order valence-electron chi connectivity index (χ0n) is 13.5. The molecule has 4 rings (SSSR count). The maximum absolute atomic E-state index is 5.67. The molecule has 4 aromatic rings. The number of methoxy groups -OCH3 is 2. The first-order chi connectivity index (χ1) is 12.2. The maximum Gasteiger partial charge on any atom is 0.322 e. The van der Waals surface area contributed by atoms with Crippen LogP contribution in [0.5, 0.6) is 11.5 Å². The normalized spacial score (nSPS) is 10.8. The van der Waals surface area contributed by atoms with Gasteiger partial charge in [-0.2, -0.15) is 0 Å². The van der Waals surface area contributed by atoms with Crippen LogP contribution in [0.25, 0.3) is 21.7 Å². The van der Waals surface area contributed by atoms with Crippen LogP contribution in [0.3, 0.4) is 0 Å². The van der Waals surface area contributed by atoms with Crippen LogP contribution in [-0.4, -0.2) is 29.4 Å². The van der Waals surface area contributed by atoms with Crippen LogP contribution in [0.4, 0.5) is 11.1 Å². The Morgan fingerprint density at radius 1 is 1.00 bits per heavy atom. The molecule has 8 heteroatoms. The lowest BCUT2D eigenvalue weighted by Gasteiger charge is -2.00. The van der Waals surface area contributed by atoms with E-state index in [0.717, 1.165) is 27.3 Å². The predicted molar refractivity (Wildman–Crippen MR) is 95.7 cm³/mol. The summed E-state index contributed by atoms with van der Waals surface area (Å²) >= 11 is 1.50. The minimum absolute atomic E-state index is 0.281. The number of hydrogen-bond donors (Lipinski definition) is 1. The van der Waals surface area contributed by atoms with Gasteiger partial charge in [-0.25, -0.2) is 4.98 Å². The molecule has 0 aliphatic carbocycles. The van der Waals surface area contributed by atoms with Gasteiger partial charge < -0.3 is 13.9 Å². The Bertz CT molecular complexity index is 1030. The molecule has 0 saturated carbocycles. The van der Waals surface area contributed by atoms with Crippen molar-refractivity contribution in [2.75, 3.05) is 19.5 Å². The second kappa shape index (κ2) is 6.40. The van der Waals surface area contributed by atoms with Gasteiger partial charge in [0.1, 0.15) is 11.5 Å². The van der Waals surface area contributed by atoms with Gasteiger partial charge in [-0.1, -0.05) is 22.5 Å². The predicted octanol–water partition coefficient (Wildman–Crippen LogP) is 4.11. The van der Waals surface area contributed by atoms with Crippen molar-refractivity contribution < 1.29 is 13.9 Å². The highest BCUT2D eigenvalue weighted by Gasteiger charge is 2.12. The standard InChI is InChI=1S/C17H14N4O3S/c1-22-11-5-3-4-10(8-11)15-20-21-16(24-15)19-17-18-13-9-12(23-2)6-7-14(13)25-17/h3-9H,1-2H3,(H,18,19,21). The quantitative estimate of drug-likeness (QED) is 0.577. The number of benzene rings is 2. The van der Waals surface area contributed by atoms with Crippen LogP contribution in [0, 0.1) is 0 Å². The highest BCUT2D eigenvalue weighted by atomic mass is 32.1. The van der Waals surface area contributed by atoms with Gasteiger partial charge in [0.25, 0.3) is 0 Å². The highest BCUT2D eigenvalue weighted by Crippen LogP contribution is 2.31. The van der Waals surface area contributed by atoms with Crippen LogP contribution in [0.1, 0.15) is 0 Å². The average molecular weight is 354 g/mol. The van der Waals surface area contributed by atoms with Gasteiger partial charge in [-0.15, -0.1) is 5.10 Å². The molecule has 0 aliphatic heterocycles. The average Bonchev–Trinajstić information content (AvgIpc) is 3.27. The van der Waals surface area contributed by atoms with E-state index < -0.39 is 0 Å². The van der Waals surface area contributed by atoms with Gasteiger partial charge in [0.15, 0.2) is 5.13 Å². The molecular formula is C17H14N4O3S.